The number of methoxy groups -OCH3 is 2. The highest BCUT2D eigenvalue weighted by molar-refractivity contribution is 7.89. The number of amides is 3. The lowest BCUT2D eigenvalue weighted by Gasteiger charge is -2.11. The van der Waals surface area contributed by atoms with Gasteiger partial charge in [0.15, 0.2) is 23.0 Å². The molecule has 0 spiro atoms. The van der Waals surface area contributed by atoms with Crippen molar-refractivity contribution < 1.29 is 99.7 Å². The van der Waals surface area contributed by atoms with Crippen LogP contribution in [0.25, 0.3) is 0 Å². The molecule has 0 radical (unpaired) electrons. The van der Waals surface area contributed by atoms with Crippen LogP contribution in [0.2, 0.25) is 10.0 Å². The maximum atomic E-state index is 12.3. The number of aryl methyl sites for hydroxylation is 2. The molecule has 1 aliphatic rings. The summed E-state index contributed by atoms with van der Waals surface area (Å²) >= 11 is 11.6. The first-order chi connectivity index (χ1) is 58.4. The molecule has 31 nitrogen and oxygen atoms in total. The van der Waals surface area contributed by atoms with Crippen molar-refractivity contribution >= 4 is 90.8 Å². The van der Waals surface area contributed by atoms with Crippen LogP contribution in [0.3, 0.4) is 0 Å². The van der Waals surface area contributed by atoms with Crippen LogP contribution in [0.4, 0.5) is 0 Å². The Morgan fingerprint density at radius 3 is 1.07 bits per heavy atom. The summed E-state index contributed by atoms with van der Waals surface area (Å²) in [4.78, 5) is 90.7. The summed E-state index contributed by atoms with van der Waals surface area (Å²) in [6, 6.07) is 59.4. The quantitative estimate of drug-likeness (QED) is 0.0179. The molecule has 0 aromatic heterocycles. The molecule has 1 heterocycles. The van der Waals surface area contributed by atoms with Gasteiger partial charge in [-0.15, -0.1) is 0 Å². The minimum Gasteiger partial charge on any atom is -0.493 e. The zero-order valence-corrected chi connectivity index (χ0v) is 70.4. The fraction of sp³-hybridized carbons (Fsp3) is 0.227. The average molecular weight is 1760 g/mol. The van der Waals surface area contributed by atoms with Crippen molar-refractivity contribution in [1.29, 1.82) is 0 Å². The number of carbonyl (C=O) groups excluding carboxylic acids is 3. The predicted molar refractivity (Wildman–Crippen MR) is 461 cm³/mol. The number of hydrogen-bond acceptors (Lipinski definition) is 21. The van der Waals surface area contributed by atoms with Crippen molar-refractivity contribution in [2.24, 2.45) is 28.7 Å². The van der Waals surface area contributed by atoms with Crippen molar-refractivity contribution in [2.75, 3.05) is 21.0 Å². The first kappa shape index (κ1) is 97.5. The molecule has 0 saturated heterocycles. The predicted octanol–water partition coefficient (Wildman–Crippen LogP) is 8.62. The molecule has 3 amide bonds. The first-order valence-electron chi connectivity index (χ1n) is 37.8. The van der Waals surface area contributed by atoms with Gasteiger partial charge in [-0.05, 0) is 179 Å². The molecule has 0 saturated carbocycles. The zero-order chi connectivity index (χ0) is 90.1. The highest BCUT2D eigenvalue weighted by Crippen LogP contribution is 2.33. The molecular weight excluding hydrogens is 1670 g/mol. The molecular formula is C88H96Cl2N10O21S2. The van der Waals surface area contributed by atoms with Gasteiger partial charge in [-0.25, -0.2) is 26.3 Å². The second kappa shape index (κ2) is 47.5. The molecule has 11 rings (SSSR count). The molecule has 35 heteroatoms. The third-order valence-electron chi connectivity index (χ3n) is 18.5. The van der Waals surface area contributed by atoms with Crippen LogP contribution in [0, 0.1) is 13.8 Å². The number of fused-ring (bicyclic) bond motifs is 1. The second-order valence-corrected chi connectivity index (χ2v) is 32.1. The average Bonchev–Trinajstić information content (AvgIpc) is 1.77. The second-order valence-electron chi connectivity index (χ2n) is 27.8. The Bertz CT molecular complexity index is 5530. The number of carbonyl (C=O) groups is 8. The van der Waals surface area contributed by atoms with E-state index in [0.717, 1.165) is 61.2 Å². The first-order valence-corrected chi connectivity index (χ1v) is 41.5. The van der Waals surface area contributed by atoms with Gasteiger partial charge in [0, 0.05) is 49.4 Å². The molecule has 0 unspecified atom stereocenters. The maximum absolute atomic E-state index is 12.3. The van der Waals surface area contributed by atoms with Crippen molar-refractivity contribution in [2.45, 2.75) is 119 Å². The molecule has 123 heavy (non-hydrogen) atoms. The lowest BCUT2D eigenvalue weighted by atomic mass is 10.0. The summed E-state index contributed by atoms with van der Waals surface area (Å²) in [6.07, 6.45) is 1.23. The van der Waals surface area contributed by atoms with E-state index in [1.54, 1.807) is 134 Å². The monoisotopic (exact) mass is 1760 g/mol. The molecule has 0 aliphatic carbocycles. The highest BCUT2D eigenvalue weighted by atomic mass is 35.5. The fourth-order valence-electron chi connectivity index (χ4n) is 11.4. The Labute approximate surface area is 720 Å². The molecule has 10 aromatic rings. The molecule has 10 aromatic carbocycles. The Kier molecular flexibility index (Phi) is 37.7. The van der Waals surface area contributed by atoms with Gasteiger partial charge < -0.3 is 89.1 Å². The van der Waals surface area contributed by atoms with E-state index in [4.69, 9.17) is 96.4 Å². The van der Waals surface area contributed by atoms with Crippen LogP contribution in [-0.4, -0.2) is 141 Å². The van der Waals surface area contributed by atoms with Gasteiger partial charge in [0.25, 0.3) is 17.7 Å². The summed E-state index contributed by atoms with van der Waals surface area (Å²) < 4.78 is 75.0. The summed E-state index contributed by atoms with van der Waals surface area (Å²) in [5.41, 5.74) is 39.0. The van der Waals surface area contributed by atoms with E-state index in [1.165, 1.54) is 32.4 Å². The van der Waals surface area contributed by atoms with E-state index >= 15 is 0 Å². The van der Waals surface area contributed by atoms with Gasteiger partial charge in [-0.1, -0.05) is 181 Å². The molecule has 20 N–H and O–H groups in total. The summed E-state index contributed by atoms with van der Waals surface area (Å²) in [7, 11) is -4.26. The third kappa shape index (κ3) is 31.7. The summed E-state index contributed by atoms with van der Waals surface area (Å²) in [5.74, 6) is -3.52. The minimum atomic E-state index is -3.73. The van der Waals surface area contributed by atoms with Gasteiger partial charge in [0.1, 0.15) is 30.2 Å². The lowest BCUT2D eigenvalue weighted by Crippen LogP contribution is -2.32. The minimum absolute atomic E-state index is 0.0194. The molecule has 5 atom stereocenters. The largest absolute Gasteiger partial charge is 0.493 e. The maximum Gasteiger partial charge on any atom is 0.320 e. The number of aliphatic carboxylic acids is 5. The van der Waals surface area contributed by atoms with Crippen molar-refractivity contribution in [1.82, 2.24) is 25.4 Å². The van der Waals surface area contributed by atoms with Crippen molar-refractivity contribution in [3.8, 4) is 23.0 Å². The van der Waals surface area contributed by atoms with Crippen molar-refractivity contribution in [3.05, 3.63) is 318 Å². The van der Waals surface area contributed by atoms with Crippen molar-refractivity contribution in [3.63, 3.8) is 0 Å². The van der Waals surface area contributed by atoms with E-state index in [0.29, 0.717) is 64.9 Å². The van der Waals surface area contributed by atoms with Gasteiger partial charge >= 0.3 is 29.8 Å². The van der Waals surface area contributed by atoms with Crippen LogP contribution in [-0.2, 0) is 109 Å². The topological polar surface area (TPSA) is 533 Å². The number of ether oxygens (including phenoxy) is 4. The lowest BCUT2D eigenvalue weighted by molar-refractivity contribution is -0.139. The molecule has 650 valence electrons. The number of nitrogens with two attached hydrogens (primary N) is 5. The summed E-state index contributed by atoms with van der Waals surface area (Å²) in [5, 5.41) is 53.0. The zero-order valence-electron chi connectivity index (χ0n) is 67.3. The Morgan fingerprint density at radius 2 is 0.699 bits per heavy atom. The normalized spacial score (nSPS) is 12.4. The fourth-order valence-corrected chi connectivity index (χ4v) is 14.0. The Morgan fingerprint density at radius 1 is 0.366 bits per heavy atom. The van der Waals surface area contributed by atoms with Crippen LogP contribution >= 0.6 is 23.2 Å². The molecule has 0 bridgehead atoms. The van der Waals surface area contributed by atoms with Crippen LogP contribution < -0.4 is 73.0 Å². The standard InChI is InChI=1S/C19H22N2O5.C18H18N2O5.C18H20N2O3.C17H20N2O4S.C16H16Cl2N2O4S/c1-25-16-8-7-14(10-17(16)26-2)18(22)21-11-13-5-3-12(4-6-13)9-15(20)19(23)24;19-14(18(22)23)7-11-1-3-12(4-2-11)9-20-17(21)13-5-6-15-16(8-13)25-10-24-15;1-12-4-2-3-5-15(12)17(21)20-11-14-8-6-13(7-9-14)10-16(19)18(22)23;1-12-4-2-3-5-16(12)24(22,23)19-11-14-8-6-13(7-9-14)10-15(18)17(20)21;17-13-6-5-12(8-14(13)18)25(23,24)20-9-11-3-1-10(2-4-11)7-15(19)16(21)22/h3-8,10,15H,9,11,20H2,1-2H3,(H,21,22)(H,23,24);1-6,8,14H,7,9-10,19H2,(H,20,21)(H,22,23);2-9,16H,10-11,19H2,1H3,(H,20,21)(H,22,23);2-9,15,19H,10-11,18H2,1H3,(H,20,21);1-6,8,15,20H,7,9,19H2,(H,21,22)/t15-;14-;16-;2*15-/m00000/s1. The summed E-state index contributed by atoms with van der Waals surface area (Å²) in [6.45, 7) is 5.16. The smallest absolute Gasteiger partial charge is 0.320 e. The van der Waals surface area contributed by atoms with E-state index in [9.17, 15) is 55.2 Å². The molecule has 1 aliphatic heterocycles. The van der Waals surface area contributed by atoms with Gasteiger partial charge in [-0.3, -0.25) is 38.4 Å². The van der Waals surface area contributed by atoms with E-state index in [-0.39, 0.29) is 89.5 Å². The number of carboxylic acid groups (broad SMARTS) is 5. The SMILES string of the molecule is COc1ccc(C(=O)NCc2ccc(C[C@H](N)C(=O)O)cc2)cc1OC.Cc1ccccc1C(=O)NCc1ccc(C[C@H](N)C(=O)O)cc1.Cc1ccccc1S(=O)(=O)NCc1ccc(C[C@H](N)C(=O)O)cc1.N[C@@H](Cc1ccc(CNC(=O)c2ccc3c(c2)OCO3)cc1)C(=O)O.N[C@@H](Cc1ccc(CNS(=O)(=O)c2ccc(Cl)c(Cl)c2)cc1)C(=O)O. The number of hydrogen-bond donors (Lipinski definition) is 15. The van der Waals surface area contributed by atoms with Crippen LogP contribution in [0.5, 0.6) is 23.0 Å². The highest BCUT2D eigenvalue weighted by Gasteiger charge is 2.22. The Hall–Kier alpha value is -12.6. The van der Waals surface area contributed by atoms with E-state index < -0.39 is 80.1 Å². The third-order valence-corrected chi connectivity index (χ3v) is 22.2. The number of nitrogens with one attached hydrogen (secondary N) is 5. The van der Waals surface area contributed by atoms with E-state index in [2.05, 4.69) is 25.4 Å². The van der Waals surface area contributed by atoms with E-state index in [1.807, 2.05) is 85.8 Å². The number of carboxylic acids is 5. The number of halogens is 2. The number of benzene rings is 10. The Balaban J connectivity index is 0.000000212. The number of sulfonamides is 2. The van der Waals surface area contributed by atoms with Crippen LogP contribution in [0.15, 0.2) is 234 Å². The van der Waals surface area contributed by atoms with Gasteiger partial charge in [0.2, 0.25) is 26.8 Å². The number of rotatable bonds is 34. The molecule has 0 fully saturated rings. The van der Waals surface area contributed by atoms with Gasteiger partial charge in [-0.2, -0.15) is 0 Å². The van der Waals surface area contributed by atoms with Gasteiger partial charge in [0.05, 0.1) is 34.1 Å². The van der Waals surface area contributed by atoms with Crippen LogP contribution in [0.1, 0.15) is 97.8 Å².